The van der Waals surface area contributed by atoms with E-state index in [-0.39, 0.29) is 11.2 Å². The van der Waals surface area contributed by atoms with Crippen LogP contribution in [0.15, 0.2) is 82.7 Å². The molecule has 0 saturated heterocycles. The minimum Gasteiger partial charge on any atom is -0.341 e. The van der Waals surface area contributed by atoms with Crippen molar-refractivity contribution in [3.8, 4) is 0 Å². The maximum absolute atomic E-state index is 14.1. The van der Waals surface area contributed by atoms with E-state index in [0.717, 1.165) is 48.9 Å². The lowest BCUT2D eigenvalue weighted by Gasteiger charge is -2.10. The number of aromatic nitrogens is 1. The van der Waals surface area contributed by atoms with Crippen molar-refractivity contribution < 1.29 is 14.4 Å². The molecule has 0 amide bonds. The number of fused-ring (bicyclic) bond motifs is 5. The Kier molecular flexibility index (Phi) is 6.99. The molecule has 0 aliphatic heterocycles. The summed E-state index contributed by atoms with van der Waals surface area (Å²) in [5.41, 5.74) is 5.34. The largest absolute Gasteiger partial charge is 0.341 e. The van der Waals surface area contributed by atoms with Gasteiger partial charge < -0.3 is 9.40 Å². The highest BCUT2D eigenvalue weighted by Gasteiger charge is 2.19. The van der Waals surface area contributed by atoms with Crippen molar-refractivity contribution in [3.63, 3.8) is 0 Å². The van der Waals surface area contributed by atoms with Crippen LogP contribution in [0.4, 0.5) is 0 Å². The third kappa shape index (κ3) is 4.60. The van der Waals surface area contributed by atoms with Crippen LogP contribution in [-0.4, -0.2) is 22.0 Å². The highest BCUT2D eigenvalue weighted by Crippen LogP contribution is 2.33. The van der Waals surface area contributed by atoms with Gasteiger partial charge in [-0.1, -0.05) is 43.3 Å². The van der Waals surface area contributed by atoms with Crippen LogP contribution in [0.2, 0.25) is 0 Å². The summed E-state index contributed by atoms with van der Waals surface area (Å²) >= 11 is 1.54. The molecule has 6 nitrogen and oxygen atoms in total. The molecular formula is C35H30N2O4S. The second-order valence-electron chi connectivity index (χ2n) is 10.8. The first-order valence-electron chi connectivity index (χ1n) is 14.0. The molecule has 4 aromatic carbocycles. The van der Waals surface area contributed by atoms with Gasteiger partial charge >= 0.3 is 5.97 Å². The van der Waals surface area contributed by atoms with E-state index >= 15 is 0 Å². The van der Waals surface area contributed by atoms with Crippen molar-refractivity contribution >= 4 is 70.8 Å². The van der Waals surface area contributed by atoms with Crippen molar-refractivity contribution in [2.75, 3.05) is 0 Å². The Balaban J connectivity index is 1.53. The van der Waals surface area contributed by atoms with Crippen LogP contribution >= 0.6 is 11.3 Å². The standard InChI is InChI=1S/C35H30N2O4S/c1-6-37-29-13-10-23(20(4)36-41-21(5)38)17-26(29)27-18-24(11-14-30(27)37)34(39)25-8-7-9-32-33(25)35(40)28-16-22(19(2)3)12-15-31(28)42-32/h7-19H,6H2,1-5H3. The van der Waals surface area contributed by atoms with Crippen LogP contribution in [0.1, 0.15) is 67.6 Å². The number of rotatable bonds is 6. The van der Waals surface area contributed by atoms with E-state index in [0.29, 0.717) is 33.5 Å². The Bertz CT molecular complexity index is 2170. The summed E-state index contributed by atoms with van der Waals surface area (Å²) in [6.07, 6.45) is 0. The zero-order valence-corrected chi connectivity index (χ0v) is 25.0. The number of carbonyl (C=O) groups excluding carboxylic acids is 2. The van der Waals surface area contributed by atoms with Crippen LogP contribution in [0.3, 0.4) is 0 Å². The van der Waals surface area contributed by atoms with Gasteiger partial charge in [0.05, 0.1) is 11.1 Å². The lowest BCUT2D eigenvalue weighted by Crippen LogP contribution is -2.10. The van der Waals surface area contributed by atoms with Gasteiger partial charge in [0.2, 0.25) is 0 Å². The average molecular weight is 575 g/mol. The van der Waals surface area contributed by atoms with Gasteiger partial charge in [0.15, 0.2) is 11.2 Å². The predicted octanol–water partition coefficient (Wildman–Crippen LogP) is 8.18. The first-order chi connectivity index (χ1) is 20.2. The first-order valence-corrected chi connectivity index (χ1v) is 14.8. The van der Waals surface area contributed by atoms with Gasteiger partial charge in [-0.25, -0.2) is 4.79 Å². The molecule has 0 atom stereocenters. The van der Waals surface area contributed by atoms with Gasteiger partial charge in [-0.2, -0.15) is 0 Å². The number of carbonyl (C=O) groups is 2. The molecule has 0 saturated carbocycles. The predicted molar refractivity (Wildman–Crippen MR) is 172 cm³/mol. The van der Waals surface area contributed by atoms with Gasteiger partial charge in [0.25, 0.3) is 0 Å². The third-order valence-electron chi connectivity index (χ3n) is 7.80. The topological polar surface area (TPSA) is 77.7 Å². The quantitative estimate of drug-likeness (QED) is 0.0661. The summed E-state index contributed by atoms with van der Waals surface area (Å²) in [4.78, 5) is 44.0. The lowest BCUT2D eigenvalue weighted by atomic mass is 9.97. The number of ketones is 1. The number of aryl methyl sites for hydroxylation is 1. The Morgan fingerprint density at radius 2 is 1.55 bits per heavy atom. The molecule has 0 spiro atoms. The van der Waals surface area contributed by atoms with Crippen LogP contribution < -0.4 is 5.43 Å². The minimum atomic E-state index is -0.481. The summed E-state index contributed by atoms with van der Waals surface area (Å²) in [7, 11) is 0. The molecule has 0 unspecified atom stereocenters. The first kappa shape index (κ1) is 27.5. The van der Waals surface area contributed by atoms with Gasteiger partial charge in [-0.05, 0) is 79.4 Å². The number of hydrogen-bond acceptors (Lipinski definition) is 6. The molecule has 0 fully saturated rings. The summed E-state index contributed by atoms with van der Waals surface area (Å²) in [5, 5.41) is 6.96. The zero-order chi connectivity index (χ0) is 29.7. The highest BCUT2D eigenvalue weighted by atomic mass is 32.1. The van der Waals surface area contributed by atoms with E-state index in [1.54, 1.807) is 13.0 Å². The molecule has 0 aliphatic carbocycles. The Hall–Kier alpha value is -4.62. The van der Waals surface area contributed by atoms with Crippen molar-refractivity contribution in [3.05, 3.63) is 105 Å². The molecule has 2 heterocycles. The van der Waals surface area contributed by atoms with Crippen molar-refractivity contribution in [1.29, 1.82) is 0 Å². The van der Waals surface area contributed by atoms with Crippen molar-refractivity contribution in [1.82, 2.24) is 4.57 Å². The maximum Gasteiger partial charge on any atom is 0.331 e. The fraction of sp³-hybridized carbons (Fsp3) is 0.200. The number of oxime groups is 1. The maximum atomic E-state index is 14.1. The number of hydrogen-bond donors (Lipinski definition) is 0. The monoisotopic (exact) mass is 574 g/mol. The summed E-state index contributed by atoms with van der Waals surface area (Å²) in [6.45, 7) is 10.1. The summed E-state index contributed by atoms with van der Waals surface area (Å²) in [6, 6.07) is 23.3. The molecule has 42 heavy (non-hydrogen) atoms. The smallest absolute Gasteiger partial charge is 0.331 e. The molecular weight excluding hydrogens is 544 g/mol. The SMILES string of the molecule is CCn1c2ccc(C(=O)c3cccc4sc5ccc(C(C)C)cc5c(=O)c34)cc2c2cc(C(C)=NOC(C)=O)ccc21. The third-order valence-corrected chi connectivity index (χ3v) is 8.94. The average Bonchev–Trinajstić information content (AvgIpc) is 3.31. The second kappa shape index (κ2) is 10.7. The number of benzene rings is 4. The Morgan fingerprint density at radius 1 is 0.857 bits per heavy atom. The molecule has 210 valence electrons. The van der Waals surface area contributed by atoms with Gasteiger partial charge in [-0.15, -0.1) is 11.3 Å². The molecule has 2 aromatic heterocycles. The molecule has 0 N–H and O–H groups in total. The molecule has 6 rings (SSSR count). The fourth-order valence-corrected chi connectivity index (χ4v) is 6.70. The fourth-order valence-electron chi connectivity index (χ4n) is 5.62. The zero-order valence-electron chi connectivity index (χ0n) is 24.1. The van der Waals surface area contributed by atoms with E-state index < -0.39 is 5.97 Å². The molecule has 7 heteroatoms. The van der Waals surface area contributed by atoms with Crippen LogP contribution in [0.5, 0.6) is 0 Å². The molecule has 0 aliphatic rings. The van der Waals surface area contributed by atoms with Gasteiger partial charge in [0, 0.05) is 61.2 Å². The van der Waals surface area contributed by atoms with Crippen LogP contribution in [-0.2, 0) is 16.2 Å². The van der Waals surface area contributed by atoms with Gasteiger partial charge in [-0.3, -0.25) is 9.59 Å². The van der Waals surface area contributed by atoms with E-state index in [4.69, 9.17) is 4.84 Å². The lowest BCUT2D eigenvalue weighted by molar-refractivity contribution is -0.140. The molecule has 0 radical (unpaired) electrons. The highest BCUT2D eigenvalue weighted by molar-refractivity contribution is 7.24. The summed E-state index contributed by atoms with van der Waals surface area (Å²) in [5.74, 6) is -0.377. The Labute approximate surface area is 246 Å². The second-order valence-corrected chi connectivity index (χ2v) is 11.9. The van der Waals surface area contributed by atoms with Crippen molar-refractivity contribution in [2.24, 2.45) is 5.16 Å². The van der Waals surface area contributed by atoms with Crippen LogP contribution in [0.25, 0.3) is 42.0 Å². The van der Waals surface area contributed by atoms with Gasteiger partial charge in [0.1, 0.15) is 0 Å². The van der Waals surface area contributed by atoms with E-state index in [9.17, 15) is 14.4 Å². The van der Waals surface area contributed by atoms with E-state index in [1.165, 1.54) is 18.3 Å². The summed E-state index contributed by atoms with van der Waals surface area (Å²) < 4.78 is 3.92. The van der Waals surface area contributed by atoms with Crippen molar-refractivity contribution in [2.45, 2.75) is 47.1 Å². The number of nitrogens with zero attached hydrogens (tertiary/aromatic N) is 2. The van der Waals surface area contributed by atoms with Crippen LogP contribution in [0, 0.1) is 0 Å². The Morgan fingerprint density at radius 3 is 2.21 bits per heavy atom. The molecule has 6 aromatic rings. The molecule has 0 bridgehead atoms. The normalized spacial score (nSPS) is 12.2. The van der Waals surface area contributed by atoms with E-state index in [2.05, 4.69) is 36.6 Å². The van der Waals surface area contributed by atoms with E-state index in [1.807, 2.05) is 60.7 Å². The minimum absolute atomic E-state index is 0.110.